The first-order valence-corrected chi connectivity index (χ1v) is 5.49. The highest BCUT2D eigenvalue weighted by atomic mass is 32.2. The maximum Gasteiger partial charge on any atom is 0.205 e. The van der Waals surface area contributed by atoms with Gasteiger partial charge in [-0.05, 0) is 5.56 Å². The van der Waals surface area contributed by atoms with Crippen molar-refractivity contribution >= 4 is 11.1 Å². The summed E-state index contributed by atoms with van der Waals surface area (Å²) >= 11 is -2.02. The Balaban J connectivity index is 2.59. The van der Waals surface area contributed by atoms with Crippen molar-refractivity contribution < 1.29 is 8.76 Å². The van der Waals surface area contributed by atoms with Gasteiger partial charge in [0.1, 0.15) is 0 Å². The maximum atomic E-state index is 11.1. The molecule has 2 rings (SSSR count). The van der Waals surface area contributed by atoms with Crippen LogP contribution in [0.25, 0.3) is 11.1 Å². The van der Waals surface area contributed by atoms with Crippen molar-refractivity contribution in [2.45, 2.75) is 5.03 Å². The molecule has 0 aliphatic carbocycles. The van der Waals surface area contributed by atoms with Gasteiger partial charge in [0, 0.05) is 12.6 Å². The summed E-state index contributed by atoms with van der Waals surface area (Å²) in [6.07, 6.45) is 1.60. The molecule has 0 spiro atoms. The van der Waals surface area contributed by atoms with Crippen LogP contribution in [0.15, 0.2) is 41.6 Å². The summed E-state index contributed by atoms with van der Waals surface area (Å²) in [6.45, 7) is 0. The molecule has 1 heterocycles. The minimum Gasteiger partial charge on any atom is -0.301 e. The Labute approximate surface area is 89.8 Å². The summed E-state index contributed by atoms with van der Waals surface area (Å²) in [4.78, 5) is 0. The van der Waals surface area contributed by atoms with Gasteiger partial charge in [0.2, 0.25) is 11.1 Å². The molecule has 0 saturated heterocycles. The monoisotopic (exact) mass is 222 g/mol. The second-order valence-corrected chi connectivity index (χ2v) is 3.99. The summed E-state index contributed by atoms with van der Waals surface area (Å²) in [5, 5.41) is 4.30. The first kappa shape index (κ1) is 10.1. The van der Waals surface area contributed by atoms with E-state index in [0.717, 1.165) is 5.56 Å². The molecule has 5 heteroatoms. The van der Waals surface area contributed by atoms with Gasteiger partial charge in [-0.25, -0.2) is 4.21 Å². The van der Waals surface area contributed by atoms with Crippen LogP contribution in [-0.2, 0) is 18.1 Å². The molecule has 2 aromatic rings. The lowest BCUT2D eigenvalue weighted by molar-refractivity contribution is 0.547. The normalized spacial score (nSPS) is 12.7. The quantitative estimate of drug-likeness (QED) is 0.786. The van der Waals surface area contributed by atoms with Crippen LogP contribution in [0.1, 0.15) is 0 Å². The average Bonchev–Trinajstić information content (AvgIpc) is 2.61. The Morgan fingerprint density at radius 1 is 1.33 bits per heavy atom. The fourth-order valence-electron chi connectivity index (χ4n) is 1.45. The van der Waals surface area contributed by atoms with Crippen LogP contribution in [0.4, 0.5) is 0 Å². The van der Waals surface area contributed by atoms with Gasteiger partial charge in [-0.1, -0.05) is 30.3 Å². The first-order chi connectivity index (χ1) is 7.20. The highest BCUT2D eigenvalue weighted by Gasteiger charge is 2.14. The molecule has 0 fully saturated rings. The van der Waals surface area contributed by atoms with Crippen LogP contribution in [-0.4, -0.2) is 18.5 Å². The molecule has 0 bridgehead atoms. The Hall–Kier alpha value is -1.46. The number of benzene rings is 1. The Kier molecular flexibility index (Phi) is 2.66. The molecule has 1 atom stereocenters. The second kappa shape index (κ2) is 3.96. The Morgan fingerprint density at radius 3 is 2.60 bits per heavy atom. The largest absolute Gasteiger partial charge is 0.301 e. The van der Waals surface area contributed by atoms with Gasteiger partial charge in [-0.2, -0.15) is 5.10 Å². The van der Waals surface area contributed by atoms with E-state index in [4.69, 9.17) is 4.55 Å². The maximum absolute atomic E-state index is 11.1. The molecular weight excluding hydrogens is 212 g/mol. The molecule has 1 aromatic heterocycles. The van der Waals surface area contributed by atoms with Crippen molar-refractivity contribution in [3.63, 3.8) is 0 Å². The third kappa shape index (κ3) is 1.84. The van der Waals surface area contributed by atoms with Gasteiger partial charge in [0.15, 0.2) is 5.03 Å². The SMILES string of the molecule is Cn1ncc(-c2ccccc2)c1S(=O)O. The molecule has 78 valence electrons. The predicted molar refractivity (Wildman–Crippen MR) is 57.7 cm³/mol. The van der Waals surface area contributed by atoms with Gasteiger partial charge in [-0.3, -0.25) is 4.68 Å². The van der Waals surface area contributed by atoms with E-state index in [1.807, 2.05) is 30.3 Å². The number of nitrogens with zero attached hydrogens (tertiary/aromatic N) is 2. The van der Waals surface area contributed by atoms with Crippen molar-refractivity contribution in [1.29, 1.82) is 0 Å². The zero-order chi connectivity index (χ0) is 10.8. The number of aryl methyl sites for hydroxylation is 1. The van der Waals surface area contributed by atoms with Crippen molar-refractivity contribution in [3.8, 4) is 11.1 Å². The second-order valence-electron chi connectivity index (χ2n) is 3.10. The number of aromatic nitrogens is 2. The molecule has 15 heavy (non-hydrogen) atoms. The zero-order valence-corrected chi connectivity index (χ0v) is 8.94. The van der Waals surface area contributed by atoms with Crippen molar-refractivity contribution in [2.24, 2.45) is 7.05 Å². The first-order valence-electron chi connectivity index (χ1n) is 4.38. The third-order valence-electron chi connectivity index (χ3n) is 2.13. The lowest BCUT2D eigenvalue weighted by atomic mass is 10.1. The summed E-state index contributed by atoms with van der Waals surface area (Å²) in [7, 11) is 1.65. The standard InChI is InChI=1S/C10H10N2O2S/c1-12-10(15(13)14)9(7-11-12)8-5-3-2-4-6-8/h2-7H,1H3,(H,13,14). The highest BCUT2D eigenvalue weighted by Crippen LogP contribution is 2.24. The molecule has 4 nitrogen and oxygen atoms in total. The van der Waals surface area contributed by atoms with Crippen molar-refractivity contribution in [2.75, 3.05) is 0 Å². The summed E-state index contributed by atoms with van der Waals surface area (Å²) in [5.74, 6) is 0. The van der Waals surface area contributed by atoms with Gasteiger partial charge < -0.3 is 4.55 Å². The van der Waals surface area contributed by atoms with Crippen molar-refractivity contribution in [1.82, 2.24) is 9.78 Å². The van der Waals surface area contributed by atoms with Gasteiger partial charge >= 0.3 is 0 Å². The average molecular weight is 222 g/mol. The smallest absolute Gasteiger partial charge is 0.205 e. The van der Waals surface area contributed by atoms with E-state index in [1.165, 1.54) is 4.68 Å². The van der Waals surface area contributed by atoms with Gasteiger partial charge in [0.25, 0.3) is 0 Å². The molecule has 1 N–H and O–H groups in total. The Bertz CT molecular complexity index is 493. The van der Waals surface area contributed by atoms with Crippen molar-refractivity contribution in [3.05, 3.63) is 36.5 Å². The molecule has 0 radical (unpaired) electrons. The van der Waals surface area contributed by atoms with Crippen LogP contribution in [0.3, 0.4) is 0 Å². The number of hydrogen-bond donors (Lipinski definition) is 1. The minimum absolute atomic E-state index is 0.321. The molecule has 0 saturated carbocycles. The van der Waals surface area contributed by atoms with E-state index in [2.05, 4.69) is 5.10 Å². The van der Waals surface area contributed by atoms with Crippen LogP contribution in [0.5, 0.6) is 0 Å². The van der Waals surface area contributed by atoms with E-state index in [0.29, 0.717) is 10.6 Å². The molecule has 1 aromatic carbocycles. The van der Waals surface area contributed by atoms with E-state index in [1.54, 1.807) is 13.2 Å². The van der Waals surface area contributed by atoms with Gasteiger partial charge in [-0.15, -0.1) is 0 Å². The predicted octanol–water partition coefficient (Wildman–Crippen LogP) is 1.67. The lowest BCUT2D eigenvalue weighted by Gasteiger charge is -2.01. The summed E-state index contributed by atoms with van der Waals surface area (Å²) in [5.41, 5.74) is 1.59. The summed E-state index contributed by atoms with van der Waals surface area (Å²) in [6, 6.07) is 9.43. The van der Waals surface area contributed by atoms with Crippen LogP contribution >= 0.6 is 0 Å². The number of hydrogen-bond acceptors (Lipinski definition) is 2. The van der Waals surface area contributed by atoms with Gasteiger partial charge in [0.05, 0.1) is 6.20 Å². The van der Waals surface area contributed by atoms with E-state index < -0.39 is 11.1 Å². The van der Waals surface area contributed by atoms with Crippen LogP contribution in [0, 0.1) is 0 Å². The highest BCUT2D eigenvalue weighted by molar-refractivity contribution is 7.79. The van der Waals surface area contributed by atoms with E-state index in [9.17, 15) is 4.21 Å². The van der Waals surface area contributed by atoms with E-state index >= 15 is 0 Å². The molecule has 0 aliphatic rings. The molecule has 0 amide bonds. The fraction of sp³-hybridized carbons (Fsp3) is 0.100. The van der Waals surface area contributed by atoms with E-state index in [-0.39, 0.29) is 0 Å². The Morgan fingerprint density at radius 2 is 2.00 bits per heavy atom. The topological polar surface area (TPSA) is 55.1 Å². The minimum atomic E-state index is -2.02. The zero-order valence-electron chi connectivity index (χ0n) is 8.12. The lowest BCUT2D eigenvalue weighted by Crippen LogP contribution is -2.00. The third-order valence-corrected chi connectivity index (χ3v) is 2.95. The molecule has 1 unspecified atom stereocenters. The molecule has 0 aliphatic heterocycles. The van der Waals surface area contributed by atoms with Crippen LogP contribution < -0.4 is 0 Å². The van der Waals surface area contributed by atoms with Crippen LogP contribution in [0.2, 0.25) is 0 Å². The molecular formula is C10H10N2O2S. The fourth-order valence-corrected chi connectivity index (χ4v) is 2.08. The summed E-state index contributed by atoms with van der Waals surface area (Å²) < 4.78 is 21.7. The number of rotatable bonds is 2.